The van der Waals surface area contributed by atoms with Gasteiger partial charge in [-0.15, -0.1) is 0 Å². The van der Waals surface area contributed by atoms with Gasteiger partial charge < -0.3 is 20.3 Å². The number of nitrogens with zero attached hydrogens (tertiary/aromatic N) is 4. The van der Waals surface area contributed by atoms with Crippen LogP contribution in [0.1, 0.15) is 32.3 Å². The molecule has 1 aromatic rings. The Balaban J connectivity index is 1.49. The van der Waals surface area contributed by atoms with Crippen LogP contribution in [0.15, 0.2) is 23.3 Å². The summed E-state index contributed by atoms with van der Waals surface area (Å²) in [6, 6.07) is 4.25. The molecule has 0 aliphatic carbocycles. The van der Waals surface area contributed by atoms with E-state index in [4.69, 9.17) is 4.74 Å². The van der Waals surface area contributed by atoms with Gasteiger partial charge in [0.05, 0.1) is 13.2 Å². The molecule has 27 heavy (non-hydrogen) atoms. The summed E-state index contributed by atoms with van der Waals surface area (Å²) in [5.74, 6) is 1.92. The number of aliphatic imine (C=N–C) groups is 1. The van der Waals surface area contributed by atoms with Crippen molar-refractivity contribution in [2.24, 2.45) is 4.99 Å². The molecule has 7 heteroatoms. The first-order chi connectivity index (χ1) is 13.1. The lowest BCUT2D eigenvalue weighted by Gasteiger charge is -2.41. The van der Waals surface area contributed by atoms with Crippen LogP contribution in [0.4, 0.5) is 5.82 Å². The van der Waals surface area contributed by atoms with E-state index in [1.54, 1.807) is 0 Å². The van der Waals surface area contributed by atoms with Gasteiger partial charge in [-0.05, 0) is 44.4 Å². The summed E-state index contributed by atoms with van der Waals surface area (Å²) < 4.78 is 5.47. The number of rotatable bonds is 6. The highest BCUT2D eigenvalue weighted by atomic mass is 16.5. The lowest BCUT2D eigenvalue weighted by Crippen LogP contribution is -2.56. The van der Waals surface area contributed by atoms with E-state index in [-0.39, 0.29) is 5.54 Å². The molecule has 2 saturated heterocycles. The zero-order chi connectivity index (χ0) is 19.1. The largest absolute Gasteiger partial charge is 0.379 e. The van der Waals surface area contributed by atoms with Gasteiger partial charge >= 0.3 is 0 Å². The topological polar surface area (TPSA) is 65.0 Å². The summed E-state index contributed by atoms with van der Waals surface area (Å²) in [5.41, 5.74) is 1.28. The molecule has 2 aliphatic heterocycles. The van der Waals surface area contributed by atoms with Gasteiger partial charge in [0.25, 0.3) is 0 Å². The van der Waals surface area contributed by atoms with Gasteiger partial charge in [-0.25, -0.2) is 4.98 Å². The van der Waals surface area contributed by atoms with Gasteiger partial charge in [-0.2, -0.15) is 0 Å². The standard InChI is InChI=1S/C20H34N6O/c1-20(2,26-10-12-27-13-11-26)16-24-19(21-3)23-15-17-6-7-22-18(14-17)25-8-4-5-9-25/h6-7,14H,4-5,8-13,15-16H2,1-3H3,(H2,21,23,24). The maximum absolute atomic E-state index is 5.47. The van der Waals surface area contributed by atoms with Crippen LogP contribution in [-0.4, -0.2) is 74.4 Å². The SMILES string of the molecule is CN=C(NCc1ccnc(N2CCCC2)c1)NCC(C)(C)N1CCOCC1. The summed E-state index contributed by atoms with van der Waals surface area (Å²) >= 11 is 0. The van der Waals surface area contributed by atoms with Gasteiger partial charge in [0.1, 0.15) is 5.82 Å². The lowest BCUT2D eigenvalue weighted by atomic mass is 10.0. The average molecular weight is 375 g/mol. The first-order valence-electron chi connectivity index (χ1n) is 10.1. The Morgan fingerprint density at radius 3 is 2.63 bits per heavy atom. The predicted octanol–water partition coefficient (Wildman–Crippen LogP) is 1.46. The molecular weight excluding hydrogens is 340 g/mol. The first kappa shape index (κ1) is 19.9. The number of hydrogen-bond donors (Lipinski definition) is 2. The molecule has 0 aromatic carbocycles. The van der Waals surface area contributed by atoms with Crippen LogP contribution < -0.4 is 15.5 Å². The van der Waals surface area contributed by atoms with Crippen molar-refractivity contribution in [2.45, 2.75) is 38.8 Å². The lowest BCUT2D eigenvalue weighted by molar-refractivity contribution is -0.00834. The van der Waals surface area contributed by atoms with Crippen LogP contribution in [0.25, 0.3) is 0 Å². The number of aromatic nitrogens is 1. The van der Waals surface area contributed by atoms with E-state index in [1.165, 1.54) is 18.4 Å². The van der Waals surface area contributed by atoms with E-state index in [0.717, 1.165) is 64.3 Å². The van der Waals surface area contributed by atoms with Crippen molar-refractivity contribution in [2.75, 3.05) is 57.9 Å². The molecule has 3 rings (SSSR count). The van der Waals surface area contributed by atoms with Crippen LogP contribution in [-0.2, 0) is 11.3 Å². The third-order valence-corrected chi connectivity index (χ3v) is 5.48. The number of hydrogen-bond acceptors (Lipinski definition) is 5. The number of ether oxygens (including phenoxy) is 1. The fourth-order valence-corrected chi connectivity index (χ4v) is 3.68. The second-order valence-corrected chi connectivity index (χ2v) is 7.91. The monoisotopic (exact) mass is 374 g/mol. The predicted molar refractivity (Wildman–Crippen MR) is 110 cm³/mol. The molecule has 7 nitrogen and oxygen atoms in total. The van der Waals surface area contributed by atoms with Crippen molar-refractivity contribution in [3.63, 3.8) is 0 Å². The average Bonchev–Trinajstić information content (AvgIpc) is 3.24. The summed E-state index contributed by atoms with van der Waals surface area (Å²) in [7, 11) is 1.82. The number of pyridine rings is 1. The van der Waals surface area contributed by atoms with E-state index in [9.17, 15) is 0 Å². The van der Waals surface area contributed by atoms with Crippen molar-refractivity contribution in [3.8, 4) is 0 Å². The number of morpholine rings is 1. The smallest absolute Gasteiger partial charge is 0.191 e. The highest BCUT2D eigenvalue weighted by Gasteiger charge is 2.28. The Bertz CT molecular complexity index is 621. The zero-order valence-corrected chi connectivity index (χ0v) is 17.0. The van der Waals surface area contributed by atoms with Crippen molar-refractivity contribution in [1.82, 2.24) is 20.5 Å². The first-order valence-corrected chi connectivity index (χ1v) is 10.1. The van der Waals surface area contributed by atoms with Crippen LogP contribution in [0.2, 0.25) is 0 Å². The van der Waals surface area contributed by atoms with Crippen molar-refractivity contribution < 1.29 is 4.74 Å². The van der Waals surface area contributed by atoms with Crippen LogP contribution >= 0.6 is 0 Å². The Kier molecular flexibility index (Phi) is 6.90. The Hall–Kier alpha value is -1.86. The Labute approximate surface area is 163 Å². The maximum atomic E-state index is 5.47. The van der Waals surface area contributed by atoms with Gasteiger partial charge in [-0.1, -0.05) is 0 Å². The molecule has 0 unspecified atom stereocenters. The van der Waals surface area contributed by atoms with E-state index in [2.05, 4.69) is 56.4 Å². The third kappa shape index (κ3) is 5.56. The third-order valence-electron chi connectivity index (χ3n) is 5.48. The molecule has 1 aromatic heterocycles. The van der Waals surface area contributed by atoms with Gasteiger partial charge in [-0.3, -0.25) is 9.89 Å². The zero-order valence-electron chi connectivity index (χ0n) is 17.0. The highest BCUT2D eigenvalue weighted by molar-refractivity contribution is 5.79. The molecular formula is C20H34N6O. The van der Waals surface area contributed by atoms with E-state index in [0.29, 0.717) is 0 Å². The molecule has 2 aliphatic rings. The minimum absolute atomic E-state index is 0.0565. The second-order valence-electron chi connectivity index (χ2n) is 7.91. The molecule has 0 atom stereocenters. The molecule has 0 saturated carbocycles. The Morgan fingerprint density at radius 2 is 1.93 bits per heavy atom. The molecule has 3 heterocycles. The molecule has 150 valence electrons. The minimum Gasteiger partial charge on any atom is -0.379 e. The van der Waals surface area contributed by atoms with Crippen molar-refractivity contribution >= 4 is 11.8 Å². The van der Waals surface area contributed by atoms with Crippen LogP contribution in [0.3, 0.4) is 0 Å². The molecule has 0 amide bonds. The molecule has 0 spiro atoms. The molecule has 2 N–H and O–H groups in total. The molecule has 2 fully saturated rings. The summed E-state index contributed by atoms with van der Waals surface area (Å²) in [6.07, 6.45) is 4.43. The summed E-state index contributed by atoms with van der Waals surface area (Å²) in [4.78, 5) is 13.7. The summed E-state index contributed by atoms with van der Waals surface area (Å²) in [5, 5.41) is 6.91. The highest BCUT2D eigenvalue weighted by Crippen LogP contribution is 2.18. The molecule has 0 radical (unpaired) electrons. The Morgan fingerprint density at radius 1 is 1.19 bits per heavy atom. The van der Waals surface area contributed by atoms with E-state index >= 15 is 0 Å². The normalized spacial score (nSPS) is 19.4. The fourth-order valence-electron chi connectivity index (χ4n) is 3.68. The van der Waals surface area contributed by atoms with Gasteiger partial charge in [0.15, 0.2) is 5.96 Å². The van der Waals surface area contributed by atoms with Gasteiger partial charge in [0.2, 0.25) is 0 Å². The van der Waals surface area contributed by atoms with Crippen molar-refractivity contribution in [3.05, 3.63) is 23.9 Å². The van der Waals surface area contributed by atoms with Gasteiger partial charge in [0, 0.05) is 58.1 Å². The number of anilines is 1. The number of nitrogens with one attached hydrogen (secondary N) is 2. The summed E-state index contributed by atoms with van der Waals surface area (Å²) in [6.45, 7) is 11.9. The molecule has 0 bridgehead atoms. The fraction of sp³-hybridized carbons (Fsp3) is 0.700. The van der Waals surface area contributed by atoms with E-state index in [1.807, 2.05) is 13.2 Å². The van der Waals surface area contributed by atoms with E-state index < -0.39 is 0 Å². The van der Waals surface area contributed by atoms with Crippen molar-refractivity contribution in [1.29, 1.82) is 0 Å². The number of guanidine groups is 1. The quantitative estimate of drug-likeness (QED) is 0.581. The minimum atomic E-state index is 0.0565. The van der Waals surface area contributed by atoms with Crippen LogP contribution in [0.5, 0.6) is 0 Å². The maximum Gasteiger partial charge on any atom is 0.191 e. The van der Waals surface area contributed by atoms with Crippen LogP contribution in [0, 0.1) is 0 Å². The second kappa shape index (κ2) is 9.37.